The minimum Gasteiger partial charge on any atom is -0.466 e. The molecule has 0 spiro atoms. The summed E-state index contributed by atoms with van der Waals surface area (Å²) in [6, 6.07) is 0. The average Bonchev–Trinajstić information content (AvgIpc) is 2.54. The van der Waals surface area contributed by atoms with Crippen LogP contribution in [-0.2, 0) is 32.3 Å². The van der Waals surface area contributed by atoms with Crippen LogP contribution in [0.1, 0.15) is 27.2 Å². The fourth-order valence-electron chi connectivity index (χ4n) is 1.45. The highest BCUT2D eigenvalue weighted by Crippen LogP contribution is 2.19. The standard InChI is InChI=1S/C10H20O5Si.C5H8O2/c1-7-9(15-10(11)8(2)3)16(12-4,13-5)14-6;1-4(2)5(6)7-3/h9H,2,7H2,1,3-6H3;1H2,2-3H3. The Hall–Kier alpha value is -1.48. The molecule has 0 bridgehead atoms. The highest BCUT2D eigenvalue weighted by Gasteiger charge is 2.49. The van der Waals surface area contributed by atoms with E-state index in [-0.39, 0.29) is 5.97 Å². The van der Waals surface area contributed by atoms with Gasteiger partial charge in [0.25, 0.3) is 0 Å². The second kappa shape index (κ2) is 12.0. The molecule has 0 saturated heterocycles. The molecule has 0 aromatic heterocycles. The predicted octanol–water partition coefficient (Wildman–Crippen LogP) is 2.04. The quantitative estimate of drug-likeness (QED) is 0.377. The van der Waals surface area contributed by atoms with Crippen LogP contribution in [0.3, 0.4) is 0 Å². The fraction of sp³-hybridized carbons (Fsp3) is 0.600. The number of esters is 2. The number of carbonyl (C=O) groups is 2. The largest absolute Gasteiger partial charge is 0.543 e. The zero-order chi connectivity index (χ0) is 18.6. The maximum Gasteiger partial charge on any atom is 0.543 e. The number of hydrogen-bond donors (Lipinski definition) is 0. The van der Waals surface area contributed by atoms with Crippen LogP contribution in [-0.4, -0.2) is 54.9 Å². The smallest absolute Gasteiger partial charge is 0.466 e. The van der Waals surface area contributed by atoms with Crippen molar-refractivity contribution in [1.82, 2.24) is 0 Å². The van der Waals surface area contributed by atoms with Gasteiger partial charge in [-0.25, -0.2) is 9.59 Å². The maximum atomic E-state index is 11.4. The Morgan fingerprint density at radius 1 is 0.913 bits per heavy atom. The number of ether oxygens (including phenoxy) is 2. The van der Waals surface area contributed by atoms with E-state index in [1.165, 1.54) is 28.4 Å². The molecule has 0 aliphatic heterocycles. The summed E-state index contributed by atoms with van der Waals surface area (Å²) in [5, 5.41) is 0. The van der Waals surface area contributed by atoms with Crippen molar-refractivity contribution < 1.29 is 32.3 Å². The van der Waals surface area contributed by atoms with Crippen LogP contribution < -0.4 is 0 Å². The molecule has 0 aliphatic rings. The second-order valence-corrected chi connectivity index (χ2v) is 7.65. The zero-order valence-electron chi connectivity index (χ0n) is 15.1. The molecule has 7 nitrogen and oxygen atoms in total. The Morgan fingerprint density at radius 2 is 1.30 bits per heavy atom. The van der Waals surface area contributed by atoms with Crippen LogP contribution in [0.5, 0.6) is 0 Å². The van der Waals surface area contributed by atoms with Gasteiger partial charge in [-0.15, -0.1) is 0 Å². The van der Waals surface area contributed by atoms with E-state index >= 15 is 0 Å². The molecule has 0 saturated carbocycles. The fourth-order valence-corrected chi connectivity index (χ4v) is 3.49. The first-order valence-electron chi connectivity index (χ1n) is 6.91. The molecule has 0 aliphatic carbocycles. The highest BCUT2D eigenvalue weighted by atomic mass is 28.4. The van der Waals surface area contributed by atoms with E-state index in [9.17, 15) is 9.59 Å². The summed E-state index contributed by atoms with van der Waals surface area (Å²) in [5.74, 6) is -0.810. The Morgan fingerprint density at radius 3 is 1.48 bits per heavy atom. The monoisotopic (exact) mass is 348 g/mol. The van der Waals surface area contributed by atoms with E-state index in [0.29, 0.717) is 17.6 Å². The molecule has 0 heterocycles. The minimum atomic E-state index is -2.94. The van der Waals surface area contributed by atoms with Crippen molar-refractivity contribution in [2.24, 2.45) is 0 Å². The third-order valence-corrected chi connectivity index (χ3v) is 5.77. The first-order chi connectivity index (χ1) is 10.6. The molecule has 0 fully saturated rings. The van der Waals surface area contributed by atoms with Crippen molar-refractivity contribution in [3.05, 3.63) is 24.3 Å². The van der Waals surface area contributed by atoms with E-state index in [4.69, 9.17) is 18.0 Å². The van der Waals surface area contributed by atoms with Crippen molar-refractivity contribution >= 4 is 20.7 Å². The molecule has 0 aromatic carbocycles. The lowest BCUT2D eigenvalue weighted by molar-refractivity contribution is -0.144. The van der Waals surface area contributed by atoms with Crippen molar-refractivity contribution in [2.45, 2.75) is 32.9 Å². The van der Waals surface area contributed by atoms with Crippen LogP contribution >= 0.6 is 0 Å². The van der Waals surface area contributed by atoms with Gasteiger partial charge in [0, 0.05) is 32.5 Å². The normalized spacial score (nSPS) is 11.6. The molecule has 1 atom stereocenters. The lowest BCUT2D eigenvalue weighted by atomic mass is 10.4. The van der Waals surface area contributed by atoms with E-state index in [2.05, 4.69) is 17.9 Å². The number of carbonyl (C=O) groups excluding carboxylic acids is 2. The van der Waals surface area contributed by atoms with Gasteiger partial charge < -0.3 is 22.8 Å². The molecule has 0 amide bonds. The molecule has 0 N–H and O–H groups in total. The average molecular weight is 348 g/mol. The molecule has 1 unspecified atom stereocenters. The number of hydrogen-bond acceptors (Lipinski definition) is 7. The number of rotatable bonds is 8. The van der Waals surface area contributed by atoms with Gasteiger partial charge in [-0.2, -0.15) is 0 Å². The zero-order valence-corrected chi connectivity index (χ0v) is 16.1. The van der Waals surface area contributed by atoms with Gasteiger partial charge in [0.05, 0.1) is 7.11 Å². The van der Waals surface area contributed by atoms with Crippen LogP contribution in [0.15, 0.2) is 24.3 Å². The Bertz CT molecular complexity index is 408. The lowest BCUT2D eigenvalue weighted by Gasteiger charge is -2.31. The van der Waals surface area contributed by atoms with Gasteiger partial charge in [-0.1, -0.05) is 20.1 Å². The predicted molar refractivity (Wildman–Crippen MR) is 88.6 cm³/mol. The minimum absolute atomic E-state index is 0.338. The molecule has 0 radical (unpaired) electrons. The van der Waals surface area contributed by atoms with Crippen LogP contribution in [0.25, 0.3) is 0 Å². The van der Waals surface area contributed by atoms with Gasteiger partial charge in [0.15, 0.2) is 5.73 Å². The SMILES string of the molecule is C=C(C)C(=O)OC.C=C(C)C(=O)OC(CC)[Si](OC)(OC)OC. The van der Waals surface area contributed by atoms with E-state index in [0.717, 1.165) is 0 Å². The Balaban J connectivity index is 0. The van der Waals surface area contributed by atoms with Crippen molar-refractivity contribution in [3.8, 4) is 0 Å². The van der Waals surface area contributed by atoms with E-state index < -0.39 is 20.5 Å². The van der Waals surface area contributed by atoms with Crippen LogP contribution in [0, 0.1) is 0 Å². The summed E-state index contributed by atoms with van der Waals surface area (Å²) in [6.07, 6.45) is 0.556. The molecular weight excluding hydrogens is 320 g/mol. The van der Waals surface area contributed by atoms with Crippen LogP contribution in [0.2, 0.25) is 0 Å². The first-order valence-corrected chi connectivity index (χ1v) is 8.71. The summed E-state index contributed by atoms with van der Waals surface area (Å²) >= 11 is 0. The molecule has 8 heteroatoms. The molecule has 23 heavy (non-hydrogen) atoms. The van der Waals surface area contributed by atoms with Gasteiger partial charge in [-0.3, -0.25) is 0 Å². The van der Waals surface area contributed by atoms with Crippen molar-refractivity contribution in [3.63, 3.8) is 0 Å². The molecule has 0 rings (SSSR count). The van der Waals surface area contributed by atoms with Gasteiger partial charge in [0.1, 0.15) is 0 Å². The molecule has 0 aromatic rings. The van der Waals surface area contributed by atoms with Crippen molar-refractivity contribution in [1.29, 1.82) is 0 Å². The summed E-state index contributed by atoms with van der Waals surface area (Å²) in [7, 11) is 2.84. The van der Waals surface area contributed by atoms with Crippen molar-refractivity contribution in [2.75, 3.05) is 28.4 Å². The molecular formula is C15H28O7Si. The first kappa shape index (κ1) is 23.8. The Labute approximate surface area is 139 Å². The Kier molecular flexibility index (Phi) is 12.4. The van der Waals surface area contributed by atoms with E-state index in [1.54, 1.807) is 13.8 Å². The summed E-state index contributed by atoms with van der Waals surface area (Å²) < 4.78 is 25.3. The van der Waals surface area contributed by atoms with E-state index in [1.807, 2.05) is 6.92 Å². The second-order valence-electron chi connectivity index (χ2n) is 4.57. The van der Waals surface area contributed by atoms with Gasteiger partial charge in [0.2, 0.25) is 0 Å². The summed E-state index contributed by atoms with van der Waals surface area (Å²) in [4.78, 5) is 21.6. The van der Waals surface area contributed by atoms with Crippen LogP contribution in [0.4, 0.5) is 0 Å². The number of methoxy groups -OCH3 is 1. The molecule has 134 valence electrons. The van der Waals surface area contributed by atoms with Gasteiger partial charge >= 0.3 is 20.7 Å². The third kappa shape index (κ3) is 8.07. The topological polar surface area (TPSA) is 80.3 Å². The third-order valence-electron chi connectivity index (χ3n) is 2.75. The summed E-state index contributed by atoms with van der Waals surface area (Å²) in [6.45, 7) is 11.9. The lowest BCUT2D eigenvalue weighted by Crippen LogP contribution is -2.56. The maximum absolute atomic E-state index is 11.4. The van der Waals surface area contributed by atoms with Gasteiger partial charge in [-0.05, 0) is 20.3 Å². The summed E-state index contributed by atoms with van der Waals surface area (Å²) in [5.41, 5.74) is 0.254. The highest BCUT2D eigenvalue weighted by molar-refractivity contribution is 6.62.